The van der Waals surface area contributed by atoms with Crippen molar-refractivity contribution in [1.29, 1.82) is 0 Å². The van der Waals surface area contributed by atoms with Crippen LogP contribution < -0.4 is 15.4 Å². The summed E-state index contributed by atoms with van der Waals surface area (Å²) < 4.78 is 2.48. The zero-order valence-electron chi connectivity index (χ0n) is 14.2. The number of nitrogens with zero attached hydrogens (tertiary/aromatic N) is 5. The lowest BCUT2D eigenvalue weighted by Crippen LogP contribution is -2.59. The second-order valence-electron chi connectivity index (χ2n) is 6.36. The van der Waals surface area contributed by atoms with E-state index in [-0.39, 0.29) is 5.56 Å². The average Bonchev–Trinajstić information content (AvgIpc) is 2.98. The highest BCUT2D eigenvalue weighted by Crippen LogP contribution is 2.35. The SMILES string of the molecule is Cc1c(Cl)ccc2sc(N(C)C3CN(c4cnn(C)c(=O)c4)C3)nc12. The van der Waals surface area contributed by atoms with Gasteiger partial charge in [-0.15, -0.1) is 0 Å². The normalized spacial score (nSPS) is 14.8. The third-order valence-electron chi connectivity index (χ3n) is 4.77. The maximum absolute atomic E-state index is 11.7. The van der Waals surface area contributed by atoms with Gasteiger partial charge in [0.1, 0.15) is 0 Å². The molecule has 25 heavy (non-hydrogen) atoms. The van der Waals surface area contributed by atoms with Crippen LogP contribution in [0.4, 0.5) is 10.8 Å². The van der Waals surface area contributed by atoms with Gasteiger partial charge < -0.3 is 9.80 Å². The van der Waals surface area contributed by atoms with Crippen molar-refractivity contribution < 1.29 is 0 Å². The van der Waals surface area contributed by atoms with Crippen molar-refractivity contribution in [1.82, 2.24) is 14.8 Å². The number of hydrogen-bond donors (Lipinski definition) is 0. The molecule has 1 aliphatic heterocycles. The van der Waals surface area contributed by atoms with Crippen molar-refractivity contribution in [2.75, 3.05) is 29.9 Å². The molecule has 0 atom stereocenters. The zero-order valence-corrected chi connectivity index (χ0v) is 15.8. The zero-order chi connectivity index (χ0) is 17.7. The number of benzene rings is 1. The number of halogens is 1. The maximum atomic E-state index is 11.7. The smallest absolute Gasteiger partial charge is 0.268 e. The molecule has 0 N–H and O–H groups in total. The van der Waals surface area contributed by atoms with Crippen molar-refractivity contribution in [3.8, 4) is 0 Å². The maximum Gasteiger partial charge on any atom is 0.268 e. The Morgan fingerprint density at radius 3 is 2.84 bits per heavy atom. The van der Waals surface area contributed by atoms with Gasteiger partial charge >= 0.3 is 0 Å². The second-order valence-corrected chi connectivity index (χ2v) is 7.78. The lowest BCUT2D eigenvalue weighted by atomic mass is 10.1. The van der Waals surface area contributed by atoms with E-state index in [1.807, 2.05) is 19.1 Å². The summed E-state index contributed by atoms with van der Waals surface area (Å²) in [6, 6.07) is 5.94. The van der Waals surface area contributed by atoms with Gasteiger partial charge in [0.15, 0.2) is 5.13 Å². The van der Waals surface area contributed by atoms with Gasteiger partial charge in [-0.2, -0.15) is 5.10 Å². The average molecular weight is 376 g/mol. The highest BCUT2D eigenvalue weighted by Gasteiger charge is 2.32. The number of anilines is 2. The molecule has 4 rings (SSSR count). The predicted octanol–water partition coefficient (Wildman–Crippen LogP) is 2.68. The first-order valence-corrected chi connectivity index (χ1v) is 9.20. The molecular weight excluding hydrogens is 358 g/mol. The minimum absolute atomic E-state index is 0.0900. The van der Waals surface area contributed by atoms with Crippen LogP contribution in [0.2, 0.25) is 5.02 Å². The monoisotopic (exact) mass is 375 g/mol. The van der Waals surface area contributed by atoms with Crippen LogP contribution in [0.3, 0.4) is 0 Å². The van der Waals surface area contributed by atoms with E-state index in [1.165, 1.54) is 4.68 Å². The van der Waals surface area contributed by atoms with E-state index in [0.29, 0.717) is 6.04 Å². The molecule has 0 bridgehead atoms. The molecule has 3 aromatic rings. The van der Waals surface area contributed by atoms with E-state index in [1.54, 1.807) is 30.6 Å². The molecule has 0 spiro atoms. The lowest BCUT2D eigenvalue weighted by Gasteiger charge is -2.45. The molecule has 0 amide bonds. The number of aromatic nitrogens is 3. The van der Waals surface area contributed by atoms with E-state index in [0.717, 1.165) is 44.7 Å². The van der Waals surface area contributed by atoms with Crippen LogP contribution in [0.15, 0.2) is 29.2 Å². The van der Waals surface area contributed by atoms with Crippen LogP contribution in [0, 0.1) is 6.92 Å². The Kier molecular flexibility index (Phi) is 3.92. The topological polar surface area (TPSA) is 54.3 Å². The second kappa shape index (κ2) is 6.00. The molecule has 2 aromatic heterocycles. The quantitative estimate of drug-likeness (QED) is 0.704. The Labute approximate surface area is 154 Å². The summed E-state index contributed by atoms with van der Waals surface area (Å²) in [6.45, 7) is 3.70. The highest BCUT2D eigenvalue weighted by molar-refractivity contribution is 7.22. The summed E-state index contributed by atoms with van der Waals surface area (Å²) >= 11 is 7.88. The molecule has 3 heterocycles. The lowest BCUT2D eigenvalue weighted by molar-refractivity contribution is 0.494. The van der Waals surface area contributed by atoms with E-state index in [9.17, 15) is 4.79 Å². The van der Waals surface area contributed by atoms with Crippen LogP contribution >= 0.6 is 22.9 Å². The molecule has 1 fully saturated rings. The molecule has 1 aliphatic rings. The summed E-state index contributed by atoms with van der Waals surface area (Å²) in [4.78, 5) is 20.9. The molecule has 0 aliphatic carbocycles. The number of aryl methyl sites for hydroxylation is 2. The van der Waals surface area contributed by atoms with Crippen LogP contribution in [-0.4, -0.2) is 40.9 Å². The number of thiazole rings is 1. The van der Waals surface area contributed by atoms with E-state index < -0.39 is 0 Å². The van der Waals surface area contributed by atoms with Crippen LogP contribution in [0.25, 0.3) is 10.2 Å². The summed E-state index contributed by atoms with van der Waals surface area (Å²) in [5.74, 6) is 0. The van der Waals surface area contributed by atoms with Gasteiger partial charge in [0, 0.05) is 38.3 Å². The van der Waals surface area contributed by atoms with Crippen molar-refractivity contribution in [2.45, 2.75) is 13.0 Å². The van der Waals surface area contributed by atoms with E-state index in [2.05, 4.69) is 21.9 Å². The van der Waals surface area contributed by atoms with Gasteiger partial charge in [-0.25, -0.2) is 9.67 Å². The fourth-order valence-electron chi connectivity index (χ4n) is 2.94. The number of likely N-dealkylation sites (N-methyl/N-ethyl adjacent to an activating group) is 1. The van der Waals surface area contributed by atoms with Gasteiger partial charge in [-0.1, -0.05) is 22.9 Å². The van der Waals surface area contributed by atoms with Crippen LogP contribution in [-0.2, 0) is 7.05 Å². The molecular formula is C17H18ClN5OS. The van der Waals surface area contributed by atoms with Crippen LogP contribution in [0.5, 0.6) is 0 Å². The van der Waals surface area contributed by atoms with E-state index in [4.69, 9.17) is 16.6 Å². The molecule has 0 radical (unpaired) electrons. The number of fused-ring (bicyclic) bond motifs is 1. The molecule has 6 nitrogen and oxygen atoms in total. The molecule has 1 saturated heterocycles. The Hall–Kier alpha value is -2.12. The molecule has 1 aromatic carbocycles. The minimum Gasteiger partial charge on any atom is -0.366 e. The van der Waals surface area contributed by atoms with Gasteiger partial charge in [-0.3, -0.25) is 4.79 Å². The minimum atomic E-state index is -0.0900. The molecule has 8 heteroatoms. The number of rotatable bonds is 3. The van der Waals surface area contributed by atoms with Gasteiger partial charge in [-0.05, 0) is 24.6 Å². The summed E-state index contributed by atoms with van der Waals surface area (Å²) in [5, 5.41) is 5.83. The van der Waals surface area contributed by atoms with Gasteiger partial charge in [0.05, 0.1) is 28.1 Å². The fourth-order valence-corrected chi connectivity index (χ4v) is 4.15. The number of hydrogen-bond acceptors (Lipinski definition) is 6. The largest absolute Gasteiger partial charge is 0.366 e. The van der Waals surface area contributed by atoms with Gasteiger partial charge in [0.25, 0.3) is 5.56 Å². The molecule has 0 unspecified atom stereocenters. The summed E-state index contributed by atoms with van der Waals surface area (Å²) in [5.41, 5.74) is 2.79. The molecule has 0 saturated carbocycles. The standard InChI is InChI=1S/C17H18ClN5OS/c1-10-13(18)4-5-14-16(10)20-17(25-14)21(2)12-8-23(9-12)11-6-15(24)22(3)19-7-11/h4-7,12H,8-9H2,1-3H3. The van der Waals surface area contributed by atoms with Crippen LogP contribution in [0.1, 0.15) is 5.56 Å². The van der Waals surface area contributed by atoms with Crippen molar-refractivity contribution in [2.24, 2.45) is 7.05 Å². The predicted molar refractivity (Wildman–Crippen MR) is 103 cm³/mol. The van der Waals surface area contributed by atoms with Crippen molar-refractivity contribution in [3.63, 3.8) is 0 Å². The van der Waals surface area contributed by atoms with Crippen molar-refractivity contribution in [3.05, 3.63) is 45.3 Å². The third-order valence-corrected chi connectivity index (χ3v) is 6.29. The summed E-state index contributed by atoms with van der Waals surface area (Å²) in [6.07, 6.45) is 1.74. The van der Waals surface area contributed by atoms with Gasteiger partial charge in [0.2, 0.25) is 0 Å². The Morgan fingerprint density at radius 1 is 1.36 bits per heavy atom. The fraction of sp³-hybridized carbons (Fsp3) is 0.353. The first-order chi connectivity index (χ1) is 11.9. The van der Waals surface area contributed by atoms with Crippen molar-refractivity contribution >= 4 is 44.0 Å². The third kappa shape index (κ3) is 2.77. The molecule has 130 valence electrons. The van der Waals surface area contributed by atoms with E-state index >= 15 is 0 Å². The Balaban J connectivity index is 1.51. The first-order valence-electron chi connectivity index (χ1n) is 8.01. The first kappa shape index (κ1) is 16.4. The Morgan fingerprint density at radius 2 is 2.12 bits per heavy atom. The Bertz CT molecular complexity index is 1010. The highest BCUT2D eigenvalue weighted by atomic mass is 35.5. The summed E-state index contributed by atoms with van der Waals surface area (Å²) in [7, 11) is 3.72.